The summed E-state index contributed by atoms with van der Waals surface area (Å²) < 4.78 is 0. The SMILES string of the molecule is NC(=O)C1(O)C=CCC1. The Morgan fingerprint density at radius 1 is 1.78 bits per heavy atom. The summed E-state index contributed by atoms with van der Waals surface area (Å²) in [6.45, 7) is 0. The Morgan fingerprint density at radius 2 is 2.44 bits per heavy atom. The molecule has 0 aromatic rings. The highest BCUT2D eigenvalue weighted by atomic mass is 16.3. The molecule has 0 aromatic carbocycles. The molecule has 0 aromatic heterocycles. The number of aliphatic hydroxyl groups is 1. The molecule has 3 heteroatoms. The van der Waals surface area contributed by atoms with E-state index in [1.165, 1.54) is 6.08 Å². The van der Waals surface area contributed by atoms with Crippen LogP contribution in [0.1, 0.15) is 12.8 Å². The topological polar surface area (TPSA) is 63.3 Å². The minimum atomic E-state index is -1.35. The van der Waals surface area contributed by atoms with Gasteiger partial charge in [0.1, 0.15) is 0 Å². The van der Waals surface area contributed by atoms with Crippen LogP contribution in [0.3, 0.4) is 0 Å². The molecule has 0 spiro atoms. The molecule has 3 nitrogen and oxygen atoms in total. The highest BCUT2D eigenvalue weighted by molar-refractivity contribution is 5.85. The van der Waals surface area contributed by atoms with Gasteiger partial charge in [-0.1, -0.05) is 6.08 Å². The van der Waals surface area contributed by atoms with Crippen molar-refractivity contribution in [2.24, 2.45) is 5.73 Å². The molecule has 1 atom stereocenters. The highest BCUT2D eigenvalue weighted by Gasteiger charge is 2.32. The van der Waals surface area contributed by atoms with Gasteiger partial charge in [0.15, 0.2) is 5.60 Å². The Bertz CT molecular complexity index is 164. The van der Waals surface area contributed by atoms with Crippen LogP contribution in [0.25, 0.3) is 0 Å². The van der Waals surface area contributed by atoms with Crippen LogP contribution in [-0.4, -0.2) is 16.6 Å². The second-order valence-electron chi connectivity index (χ2n) is 2.23. The third-order valence-electron chi connectivity index (χ3n) is 1.51. The summed E-state index contributed by atoms with van der Waals surface area (Å²) in [6.07, 6.45) is 4.38. The van der Waals surface area contributed by atoms with Gasteiger partial charge < -0.3 is 10.8 Å². The minimum Gasteiger partial charge on any atom is -0.376 e. The molecule has 0 bridgehead atoms. The maximum absolute atomic E-state index is 10.4. The Labute approximate surface area is 53.2 Å². The number of hydrogen-bond acceptors (Lipinski definition) is 2. The Morgan fingerprint density at radius 3 is 2.67 bits per heavy atom. The van der Waals surface area contributed by atoms with Crippen molar-refractivity contribution in [3.63, 3.8) is 0 Å². The fourth-order valence-corrected chi connectivity index (χ4v) is 0.870. The number of nitrogens with two attached hydrogens (primary N) is 1. The van der Waals surface area contributed by atoms with E-state index in [-0.39, 0.29) is 0 Å². The Balaban J connectivity index is 2.74. The minimum absolute atomic E-state index is 0.433. The summed E-state index contributed by atoms with van der Waals surface area (Å²) >= 11 is 0. The van der Waals surface area contributed by atoms with Gasteiger partial charge >= 0.3 is 0 Å². The van der Waals surface area contributed by atoms with Gasteiger partial charge in [-0.3, -0.25) is 4.79 Å². The summed E-state index contributed by atoms with van der Waals surface area (Å²) in [7, 11) is 0. The number of amides is 1. The number of hydrogen-bond donors (Lipinski definition) is 2. The summed E-state index contributed by atoms with van der Waals surface area (Å²) in [5.74, 6) is -0.656. The molecule has 0 fully saturated rings. The summed E-state index contributed by atoms with van der Waals surface area (Å²) in [5, 5.41) is 9.21. The lowest BCUT2D eigenvalue weighted by atomic mass is 10.0. The molecular formula is C6H9NO2. The fraction of sp³-hybridized carbons (Fsp3) is 0.500. The van der Waals surface area contributed by atoms with Gasteiger partial charge in [-0.25, -0.2) is 0 Å². The van der Waals surface area contributed by atoms with Gasteiger partial charge in [-0.05, 0) is 18.9 Å². The molecule has 0 radical (unpaired) electrons. The van der Waals surface area contributed by atoms with Crippen molar-refractivity contribution >= 4 is 5.91 Å². The molecule has 50 valence electrons. The normalized spacial score (nSPS) is 33.0. The predicted molar refractivity (Wildman–Crippen MR) is 32.5 cm³/mol. The number of carbonyl (C=O) groups is 1. The van der Waals surface area contributed by atoms with E-state index >= 15 is 0 Å². The van der Waals surface area contributed by atoms with Crippen LogP contribution in [-0.2, 0) is 4.79 Å². The predicted octanol–water partition coefficient (Wildman–Crippen LogP) is -0.447. The largest absolute Gasteiger partial charge is 0.376 e. The smallest absolute Gasteiger partial charge is 0.253 e. The van der Waals surface area contributed by atoms with E-state index in [4.69, 9.17) is 5.73 Å². The molecule has 9 heavy (non-hydrogen) atoms. The maximum Gasteiger partial charge on any atom is 0.253 e. The van der Waals surface area contributed by atoms with E-state index in [0.29, 0.717) is 6.42 Å². The van der Waals surface area contributed by atoms with E-state index < -0.39 is 11.5 Å². The van der Waals surface area contributed by atoms with Gasteiger partial charge in [0.05, 0.1) is 0 Å². The van der Waals surface area contributed by atoms with Crippen molar-refractivity contribution < 1.29 is 9.90 Å². The molecule has 0 heterocycles. The molecule has 1 amide bonds. The van der Waals surface area contributed by atoms with Gasteiger partial charge in [0.2, 0.25) is 0 Å². The van der Waals surface area contributed by atoms with E-state index in [2.05, 4.69) is 0 Å². The van der Waals surface area contributed by atoms with E-state index in [1.807, 2.05) is 0 Å². The summed E-state index contributed by atoms with van der Waals surface area (Å²) in [4.78, 5) is 10.4. The second-order valence-corrected chi connectivity index (χ2v) is 2.23. The van der Waals surface area contributed by atoms with Gasteiger partial charge in [-0.15, -0.1) is 0 Å². The first-order chi connectivity index (χ1) is 4.15. The number of rotatable bonds is 1. The molecular weight excluding hydrogens is 118 g/mol. The molecule has 3 N–H and O–H groups in total. The zero-order valence-corrected chi connectivity index (χ0v) is 5.00. The highest BCUT2D eigenvalue weighted by Crippen LogP contribution is 2.21. The lowest BCUT2D eigenvalue weighted by Gasteiger charge is -2.13. The quantitative estimate of drug-likeness (QED) is 0.469. The molecule has 0 saturated heterocycles. The number of carbonyl (C=O) groups excluding carboxylic acids is 1. The average molecular weight is 127 g/mol. The maximum atomic E-state index is 10.4. The first kappa shape index (κ1) is 6.29. The molecule has 0 saturated carbocycles. The third kappa shape index (κ3) is 0.954. The van der Waals surface area contributed by atoms with E-state index in [0.717, 1.165) is 6.42 Å². The first-order valence-electron chi connectivity index (χ1n) is 2.85. The Kier molecular flexibility index (Phi) is 1.29. The van der Waals surface area contributed by atoms with Crippen molar-refractivity contribution in [1.82, 2.24) is 0 Å². The molecule has 1 rings (SSSR count). The van der Waals surface area contributed by atoms with E-state index in [1.54, 1.807) is 6.08 Å². The zero-order chi connectivity index (χ0) is 6.91. The van der Waals surface area contributed by atoms with Crippen molar-refractivity contribution in [1.29, 1.82) is 0 Å². The van der Waals surface area contributed by atoms with Crippen LogP contribution in [0, 0.1) is 0 Å². The lowest BCUT2D eigenvalue weighted by Crippen LogP contribution is -2.40. The fourth-order valence-electron chi connectivity index (χ4n) is 0.870. The van der Waals surface area contributed by atoms with Crippen molar-refractivity contribution in [3.8, 4) is 0 Å². The number of allylic oxidation sites excluding steroid dienone is 1. The average Bonchev–Trinajstić information content (AvgIpc) is 2.16. The van der Waals surface area contributed by atoms with Crippen molar-refractivity contribution in [2.45, 2.75) is 18.4 Å². The summed E-state index contributed by atoms with van der Waals surface area (Å²) in [5.41, 5.74) is 3.54. The molecule has 0 aliphatic heterocycles. The zero-order valence-electron chi connectivity index (χ0n) is 5.00. The van der Waals surface area contributed by atoms with Crippen LogP contribution in [0.4, 0.5) is 0 Å². The lowest BCUT2D eigenvalue weighted by molar-refractivity contribution is -0.131. The second kappa shape index (κ2) is 1.84. The van der Waals surface area contributed by atoms with Crippen LogP contribution in [0.5, 0.6) is 0 Å². The molecule has 1 unspecified atom stereocenters. The van der Waals surface area contributed by atoms with Crippen molar-refractivity contribution in [3.05, 3.63) is 12.2 Å². The van der Waals surface area contributed by atoms with Crippen LogP contribution in [0.2, 0.25) is 0 Å². The van der Waals surface area contributed by atoms with Crippen LogP contribution >= 0.6 is 0 Å². The monoisotopic (exact) mass is 127 g/mol. The van der Waals surface area contributed by atoms with Gasteiger partial charge in [-0.2, -0.15) is 0 Å². The standard InChI is InChI=1S/C6H9NO2/c7-5(8)6(9)3-1-2-4-6/h1,3,9H,2,4H2,(H2,7,8). The van der Waals surface area contributed by atoms with Crippen molar-refractivity contribution in [2.75, 3.05) is 0 Å². The third-order valence-corrected chi connectivity index (χ3v) is 1.51. The summed E-state index contributed by atoms with van der Waals surface area (Å²) in [6, 6.07) is 0. The molecule has 1 aliphatic rings. The Hall–Kier alpha value is -0.830. The van der Waals surface area contributed by atoms with Gasteiger partial charge in [0.25, 0.3) is 5.91 Å². The van der Waals surface area contributed by atoms with Crippen LogP contribution < -0.4 is 5.73 Å². The molecule has 1 aliphatic carbocycles. The van der Waals surface area contributed by atoms with Gasteiger partial charge in [0, 0.05) is 0 Å². The van der Waals surface area contributed by atoms with Crippen LogP contribution in [0.15, 0.2) is 12.2 Å². The number of primary amides is 1. The first-order valence-corrected chi connectivity index (χ1v) is 2.85. The van der Waals surface area contributed by atoms with E-state index in [9.17, 15) is 9.90 Å².